The summed E-state index contributed by atoms with van der Waals surface area (Å²) >= 11 is 0. The summed E-state index contributed by atoms with van der Waals surface area (Å²) in [6.07, 6.45) is 0.989. The van der Waals surface area contributed by atoms with E-state index in [0.717, 1.165) is 12.1 Å². The van der Waals surface area contributed by atoms with Crippen molar-refractivity contribution in [1.82, 2.24) is 0 Å². The summed E-state index contributed by atoms with van der Waals surface area (Å²) < 4.78 is 0. The maximum atomic E-state index is 8.57. The molecule has 0 aliphatic heterocycles. The molecule has 0 unspecified atom stereocenters. The highest BCUT2D eigenvalue weighted by Gasteiger charge is 1.95. The van der Waals surface area contributed by atoms with Gasteiger partial charge in [-0.05, 0) is 24.1 Å². The van der Waals surface area contributed by atoms with Crippen LogP contribution in [0.3, 0.4) is 0 Å². The van der Waals surface area contributed by atoms with Crippen LogP contribution in [0.1, 0.15) is 12.5 Å². The molecule has 0 aliphatic carbocycles. The summed E-state index contributed by atoms with van der Waals surface area (Å²) in [5, 5.41) is 11.5. The maximum Gasteiger partial charge on any atom is 0.193 e. The molecule has 4 nitrogen and oxygen atoms in total. The fourth-order valence-corrected chi connectivity index (χ4v) is 1.23. The van der Waals surface area contributed by atoms with Gasteiger partial charge in [0.15, 0.2) is 5.96 Å². The van der Waals surface area contributed by atoms with Crippen LogP contribution in [0, 0.1) is 0 Å². The van der Waals surface area contributed by atoms with Crippen molar-refractivity contribution in [3.63, 3.8) is 0 Å². The Kier molecular flexibility index (Phi) is 7.92. The smallest absolute Gasteiger partial charge is 0.193 e. The van der Waals surface area contributed by atoms with Crippen LogP contribution in [-0.2, 0) is 6.42 Å². The Morgan fingerprint density at radius 3 is 2.88 bits per heavy atom. The predicted octanol–water partition coefficient (Wildman–Crippen LogP) is 1.59. The van der Waals surface area contributed by atoms with Gasteiger partial charge in [0.2, 0.25) is 0 Å². The molecule has 16 heavy (non-hydrogen) atoms. The van der Waals surface area contributed by atoms with Gasteiger partial charge in [0.25, 0.3) is 0 Å². The predicted molar refractivity (Wildman–Crippen MR) is 78.4 cm³/mol. The van der Waals surface area contributed by atoms with E-state index >= 15 is 0 Å². The number of nitrogens with zero attached hydrogens (tertiary/aromatic N) is 1. The Labute approximate surface area is 113 Å². The second kappa shape index (κ2) is 8.35. The highest BCUT2D eigenvalue weighted by atomic mass is 127. The number of halogens is 1. The summed E-state index contributed by atoms with van der Waals surface area (Å²) in [5.74, 6) is 0.331. The summed E-state index contributed by atoms with van der Waals surface area (Å²) in [6.45, 7) is 2.44. The molecule has 0 aliphatic rings. The van der Waals surface area contributed by atoms with E-state index in [0.29, 0.717) is 12.5 Å². The fraction of sp³-hybridized carbons (Fsp3) is 0.364. The van der Waals surface area contributed by atoms with Crippen LogP contribution in [0.25, 0.3) is 0 Å². The van der Waals surface area contributed by atoms with Crippen LogP contribution in [-0.4, -0.2) is 24.2 Å². The van der Waals surface area contributed by atoms with E-state index in [-0.39, 0.29) is 30.6 Å². The molecule has 0 bridgehead atoms. The van der Waals surface area contributed by atoms with E-state index in [1.807, 2.05) is 18.2 Å². The Hall–Kier alpha value is -0.820. The molecule has 0 atom stereocenters. The average molecular weight is 335 g/mol. The monoisotopic (exact) mass is 335 g/mol. The van der Waals surface area contributed by atoms with Crippen LogP contribution in [0.4, 0.5) is 5.69 Å². The fourth-order valence-electron chi connectivity index (χ4n) is 1.23. The van der Waals surface area contributed by atoms with Gasteiger partial charge in [-0.2, -0.15) is 0 Å². The molecule has 0 saturated carbocycles. The van der Waals surface area contributed by atoms with Gasteiger partial charge in [0.05, 0.1) is 13.2 Å². The molecule has 0 saturated heterocycles. The van der Waals surface area contributed by atoms with E-state index in [1.54, 1.807) is 0 Å². The summed E-state index contributed by atoms with van der Waals surface area (Å²) in [4.78, 5) is 3.93. The normalized spacial score (nSPS) is 10.8. The number of nitrogens with one attached hydrogen (secondary N) is 1. The minimum absolute atomic E-state index is 0. The van der Waals surface area contributed by atoms with E-state index in [1.165, 1.54) is 5.56 Å². The van der Waals surface area contributed by atoms with Crippen molar-refractivity contribution < 1.29 is 5.11 Å². The Morgan fingerprint density at radius 2 is 2.25 bits per heavy atom. The average Bonchev–Trinajstić information content (AvgIpc) is 2.26. The van der Waals surface area contributed by atoms with Crippen LogP contribution < -0.4 is 11.1 Å². The van der Waals surface area contributed by atoms with E-state index < -0.39 is 0 Å². The third-order valence-corrected chi connectivity index (χ3v) is 1.99. The van der Waals surface area contributed by atoms with Crippen LogP contribution >= 0.6 is 24.0 Å². The van der Waals surface area contributed by atoms with Gasteiger partial charge in [0, 0.05) is 5.69 Å². The zero-order chi connectivity index (χ0) is 11.1. The lowest BCUT2D eigenvalue weighted by molar-refractivity contribution is 0.307. The SMILES string of the molecule is CCc1cccc(NC(N)=NCCO)c1.I. The first-order chi connectivity index (χ1) is 7.26. The lowest BCUT2D eigenvalue weighted by Crippen LogP contribution is -2.23. The number of hydrogen-bond donors (Lipinski definition) is 3. The van der Waals surface area contributed by atoms with Gasteiger partial charge < -0.3 is 16.2 Å². The summed E-state index contributed by atoms with van der Waals surface area (Å²) in [5.41, 5.74) is 7.78. The lowest BCUT2D eigenvalue weighted by atomic mass is 10.1. The molecule has 4 N–H and O–H groups in total. The van der Waals surface area contributed by atoms with Crippen molar-refractivity contribution in [1.29, 1.82) is 0 Å². The zero-order valence-electron chi connectivity index (χ0n) is 9.31. The first-order valence-electron chi connectivity index (χ1n) is 5.03. The minimum Gasteiger partial charge on any atom is -0.394 e. The van der Waals surface area contributed by atoms with Crippen molar-refractivity contribution in [2.24, 2.45) is 10.7 Å². The number of guanidine groups is 1. The van der Waals surface area contributed by atoms with Gasteiger partial charge >= 0.3 is 0 Å². The molecule has 0 spiro atoms. The van der Waals surface area contributed by atoms with Gasteiger partial charge in [-0.1, -0.05) is 19.1 Å². The van der Waals surface area contributed by atoms with Crippen molar-refractivity contribution >= 4 is 35.6 Å². The largest absolute Gasteiger partial charge is 0.394 e. The second-order valence-electron chi connectivity index (χ2n) is 3.17. The number of benzene rings is 1. The Bertz CT molecular complexity index is 342. The number of aryl methyl sites for hydroxylation is 1. The molecule has 1 aromatic rings. The molecular formula is C11H18IN3O. The van der Waals surface area contributed by atoms with E-state index in [2.05, 4.69) is 23.3 Å². The highest BCUT2D eigenvalue weighted by Crippen LogP contribution is 2.10. The van der Waals surface area contributed by atoms with Crippen molar-refractivity contribution in [3.8, 4) is 0 Å². The summed E-state index contributed by atoms with van der Waals surface area (Å²) in [6, 6.07) is 7.99. The van der Waals surface area contributed by atoms with Crippen LogP contribution in [0.2, 0.25) is 0 Å². The molecule has 0 aromatic heterocycles. The molecular weight excluding hydrogens is 317 g/mol. The van der Waals surface area contributed by atoms with Gasteiger partial charge in [-0.3, -0.25) is 4.99 Å². The topological polar surface area (TPSA) is 70.6 Å². The molecule has 1 aromatic carbocycles. The van der Waals surface area contributed by atoms with Crippen molar-refractivity contribution in [2.45, 2.75) is 13.3 Å². The maximum absolute atomic E-state index is 8.57. The number of aliphatic hydroxyl groups is 1. The zero-order valence-corrected chi connectivity index (χ0v) is 11.6. The number of rotatable bonds is 4. The molecule has 0 heterocycles. The third-order valence-electron chi connectivity index (χ3n) is 1.99. The Balaban J connectivity index is 0.00000225. The number of aliphatic imine (C=N–C) groups is 1. The molecule has 0 amide bonds. The summed E-state index contributed by atoms with van der Waals surface area (Å²) in [7, 11) is 0. The van der Waals surface area contributed by atoms with E-state index in [9.17, 15) is 0 Å². The number of nitrogens with two attached hydrogens (primary N) is 1. The number of hydrogen-bond acceptors (Lipinski definition) is 2. The number of anilines is 1. The molecule has 0 fully saturated rings. The van der Waals surface area contributed by atoms with Gasteiger partial charge in [0.1, 0.15) is 0 Å². The number of aliphatic hydroxyl groups excluding tert-OH is 1. The molecule has 90 valence electrons. The lowest BCUT2D eigenvalue weighted by Gasteiger charge is -2.06. The molecule has 5 heteroatoms. The van der Waals surface area contributed by atoms with Gasteiger partial charge in [-0.25, -0.2) is 0 Å². The van der Waals surface area contributed by atoms with Gasteiger partial charge in [-0.15, -0.1) is 24.0 Å². The first-order valence-corrected chi connectivity index (χ1v) is 5.03. The van der Waals surface area contributed by atoms with Crippen LogP contribution in [0.5, 0.6) is 0 Å². The third kappa shape index (κ3) is 5.32. The Morgan fingerprint density at radius 1 is 1.50 bits per heavy atom. The second-order valence-corrected chi connectivity index (χ2v) is 3.17. The van der Waals surface area contributed by atoms with E-state index in [4.69, 9.17) is 10.8 Å². The highest BCUT2D eigenvalue weighted by molar-refractivity contribution is 14.0. The van der Waals surface area contributed by atoms with Crippen molar-refractivity contribution in [3.05, 3.63) is 29.8 Å². The minimum atomic E-state index is 0. The standard InChI is InChI=1S/C11H17N3O.HI/c1-2-9-4-3-5-10(8-9)14-11(12)13-6-7-15;/h3-5,8,15H,2,6-7H2,1H3,(H3,12,13,14);1H. The molecule has 1 rings (SSSR count). The van der Waals surface area contributed by atoms with Crippen molar-refractivity contribution in [2.75, 3.05) is 18.5 Å². The quantitative estimate of drug-likeness (QED) is 0.445. The molecule has 0 radical (unpaired) electrons. The first kappa shape index (κ1) is 15.2. The van der Waals surface area contributed by atoms with Crippen LogP contribution in [0.15, 0.2) is 29.3 Å².